The van der Waals surface area contributed by atoms with Gasteiger partial charge in [-0.15, -0.1) is 11.8 Å². The Bertz CT molecular complexity index is 243. The zero-order valence-corrected chi connectivity index (χ0v) is 9.23. The molecule has 13 heavy (non-hydrogen) atoms. The van der Waals surface area contributed by atoms with E-state index in [4.69, 9.17) is 4.74 Å². The van der Waals surface area contributed by atoms with E-state index in [0.717, 1.165) is 5.75 Å². The number of benzene rings is 1. The smallest absolute Gasteiger partial charge is 0.0637 e. The highest BCUT2D eigenvalue weighted by molar-refractivity contribution is 7.99. The maximum Gasteiger partial charge on any atom is 0.0637 e. The number of aryl methyl sites for hydroxylation is 1. The molecule has 1 atom stereocenters. The number of ether oxygens (including phenoxy) is 1. The molecular weight excluding hydrogens is 180 g/mol. The highest BCUT2D eigenvalue weighted by atomic mass is 32.2. The average Bonchev–Trinajstić information content (AvgIpc) is 2.16. The van der Waals surface area contributed by atoms with Gasteiger partial charge in [-0.3, -0.25) is 0 Å². The van der Waals surface area contributed by atoms with E-state index in [2.05, 4.69) is 38.1 Å². The number of thioether (sulfide) groups is 1. The molecule has 0 fully saturated rings. The van der Waals surface area contributed by atoms with Crippen LogP contribution in [0, 0.1) is 6.92 Å². The number of methoxy groups -OCH3 is 1. The van der Waals surface area contributed by atoms with Crippen molar-refractivity contribution in [2.24, 2.45) is 0 Å². The molecule has 0 amide bonds. The van der Waals surface area contributed by atoms with E-state index in [0.29, 0.717) is 6.10 Å². The van der Waals surface area contributed by atoms with Crippen LogP contribution in [-0.2, 0) is 4.74 Å². The first kappa shape index (κ1) is 10.6. The van der Waals surface area contributed by atoms with Crippen LogP contribution in [0.25, 0.3) is 0 Å². The maximum absolute atomic E-state index is 5.17. The predicted molar refractivity (Wildman–Crippen MR) is 58.4 cm³/mol. The molecule has 0 aliphatic carbocycles. The van der Waals surface area contributed by atoms with Gasteiger partial charge in [0, 0.05) is 17.8 Å². The third-order valence-corrected chi connectivity index (χ3v) is 3.15. The molecule has 0 saturated heterocycles. The summed E-state index contributed by atoms with van der Waals surface area (Å²) in [5.41, 5.74) is 1.31. The third-order valence-electron chi connectivity index (χ3n) is 1.91. The largest absolute Gasteiger partial charge is 0.381 e. The fraction of sp³-hybridized carbons (Fsp3) is 0.455. The van der Waals surface area contributed by atoms with Gasteiger partial charge in [-0.1, -0.05) is 17.7 Å². The van der Waals surface area contributed by atoms with E-state index >= 15 is 0 Å². The van der Waals surface area contributed by atoms with Crippen LogP contribution in [0.1, 0.15) is 12.5 Å². The molecule has 0 bridgehead atoms. The average molecular weight is 196 g/mol. The Labute approximate surface area is 84.5 Å². The second-order valence-corrected chi connectivity index (χ2v) is 4.26. The lowest BCUT2D eigenvalue weighted by Crippen LogP contribution is -2.07. The van der Waals surface area contributed by atoms with Gasteiger partial charge in [-0.05, 0) is 26.0 Å². The van der Waals surface area contributed by atoms with Gasteiger partial charge < -0.3 is 4.74 Å². The lowest BCUT2D eigenvalue weighted by atomic mass is 10.2. The first-order valence-corrected chi connectivity index (χ1v) is 5.43. The van der Waals surface area contributed by atoms with E-state index in [-0.39, 0.29) is 0 Å². The Balaban J connectivity index is 2.41. The molecule has 0 heterocycles. The maximum atomic E-state index is 5.17. The van der Waals surface area contributed by atoms with Gasteiger partial charge in [0.15, 0.2) is 0 Å². The van der Waals surface area contributed by atoms with Crippen LogP contribution >= 0.6 is 11.8 Å². The highest BCUT2D eigenvalue weighted by Gasteiger charge is 2.00. The second kappa shape index (κ2) is 5.30. The van der Waals surface area contributed by atoms with E-state index in [9.17, 15) is 0 Å². The Hall–Kier alpha value is -0.470. The summed E-state index contributed by atoms with van der Waals surface area (Å²) < 4.78 is 5.17. The molecule has 1 unspecified atom stereocenters. The summed E-state index contributed by atoms with van der Waals surface area (Å²) in [6, 6.07) is 8.59. The highest BCUT2D eigenvalue weighted by Crippen LogP contribution is 2.19. The van der Waals surface area contributed by atoms with E-state index in [1.54, 1.807) is 7.11 Å². The summed E-state index contributed by atoms with van der Waals surface area (Å²) in [4.78, 5) is 1.31. The Kier molecular flexibility index (Phi) is 4.33. The molecule has 2 heteroatoms. The number of rotatable bonds is 4. The molecule has 0 spiro atoms. The van der Waals surface area contributed by atoms with Crippen molar-refractivity contribution in [1.82, 2.24) is 0 Å². The fourth-order valence-corrected chi connectivity index (χ4v) is 1.81. The number of hydrogen-bond donors (Lipinski definition) is 0. The molecule has 1 rings (SSSR count). The first-order valence-electron chi connectivity index (χ1n) is 4.44. The lowest BCUT2D eigenvalue weighted by molar-refractivity contribution is 0.138. The molecule has 0 saturated carbocycles. The van der Waals surface area contributed by atoms with Crippen LogP contribution < -0.4 is 0 Å². The van der Waals surface area contributed by atoms with Crippen LogP contribution in [0.4, 0.5) is 0 Å². The van der Waals surface area contributed by atoms with Gasteiger partial charge in [0.2, 0.25) is 0 Å². The zero-order valence-electron chi connectivity index (χ0n) is 8.41. The topological polar surface area (TPSA) is 9.23 Å². The minimum atomic E-state index is 0.325. The van der Waals surface area contributed by atoms with Gasteiger partial charge >= 0.3 is 0 Å². The SMILES string of the molecule is COC(C)CSc1ccc(C)cc1. The van der Waals surface area contributed by atoms with Gasteiger partial charge in [-0.25, -0.2) is 0 Å². The van der Waals surface area contributed by atoms with Gasteiger partial charge in [0.05, 0.1) is 6.10 Å². The van der Waals surface area contributed by atoms with Gasteiger partial charge in [0.1, 0.15) is 0 Å². The van der Waals surface area contributed by atoms with Crippen molar-refractivity contribution < 1.29 is 4.74 Å². The third kappa shape index (κ3) is 3.83. The zero-order chi connectivity index (χ0) is 9.68. The molecule has 0 N–H and O–H groups in total. The Morgan fingerprint density at radius 1 is 1.31 bits per heavy atom. The standard InChI is InChI=1S/C11H16OS/c1-9-4-6-11(7-5-9)13-8-10(2)12-3/h4-7,10H,8H2,1-3H3. The van der Waals surface area contributed by atoms with Crippen LogP contribution in [0.15, 0.2) is 29.2 Å². The molecule has 1 nitrogen and oxygen atoms in total. The molecule has 72 valence electrons. The van der Waals surface area contributed by atoms with Crippen molar-refractivity contribution in [3.8, 4) is 0 Å². The van der Waals surface area contributed by atoms with Crippen molar-refractivity contribution in [2.45, 2.75) is 24.8 Å². The van der Waals surface area contributed by atoms with Gasteiger partial charge in [0.25, 0.3) is 0 Å². The molecule has 1 aromatic carbocycles. The summed E-state index contributed by atoms with van der Waals surface area (Å²) in [6.07, 6.45) is 0.325. The van der Waals surface area contributed by atoms with Crippen molar-refractivity contribution >= 4 is 11.8 Å². The minimum Gasteiger partial charge on any atom is -0.381 e. The first-order chi connectivity index (χ1) is 6.22. The van der Waals surface area contributed by atoms with Crippen LogP contribution in [0.5, 0.6) is 0 Å². The van der Waals surface area contributed by atoms with Crippen molar-refractivity contribution in [3.63, 3.8) is 0 Å². The second-order valence-electron chi connectivity index (χ2n) is 3.17. The summed E-state index contributed by atoms with van der Waals surface area (Å²) in [7, 11) is 1.75. The molecule has 1 aromatic rings. The quantitative estimate of drug-likeness (QED) is 0.684. The summed E-state index contributed by atoms with van der Waals surface area (Å²) >= 11 is 1.84. The summed E-state index contributed by atoms with van der Waals surface area (Å²) in [5.74, 6) is 1.01. The van der Waals surface area contributed by atoms with Crippen LogP contribution in [-0.4, -0.2) is 19.0 Å². The monoisotopic (exact) mass is 196 g/mol. The lowest BCUT2D eigenvalue weighted by Gasteiger charge is -2.08. The predicted octanol–water partition coefficient (Wildman–Crippen LogP) is 3.12. The normalized spacial score (nSPS) is 12.8. The van der Waals surface area contributed by atoms with Crippen LogP contribution in [0.2, 0.25) is 0 Å². The summed E-state index contributed by atoms with van der Waals surface area (Å²) in [5, 5.41) is 0. The van der Waals surface area contributed by atoms with Crippen molar-refractivity contribution in [1.29, 1.82) is 0 Å². The molecule has 0 aliphatic heterocycles. The van der Waals surface area contributed by atoms with E-state index in [1.165, 1.54) is 10.5 Å². The summed E-state index contributed by atoms with van der Waals surface area (Å²) in [6.45, 7) is 4.19. The Morgan fingerprint density at radius 2 is 1.92 bits per heavy atom. The molecular formula is C11H16OS. The Morgan fingerprint density at radius 3 is 2.46 bits per heavy atom. The number of hydrogen-bond acceptors (Lipinski definition) is 2. The molecule has 0 aliphatic rings. The van der Waals surface area contributed by atoms with Crippen LogP contribution in [0.3, 0.4) is 0 Å². The minimum absolute atomic E-state index is 0.325. The van der Waals surface area contributed by atoms with Crippen molar-refractivity contribution in [3.05, 3.63) is 29.8 Å². The van der Waals surface area contributed by atoms with E-state index < -0.39 is 0 Å². The van der Waals surface area contributed by atoms with Gasteiger partial charge in [-0.2, -0.15) is 0 Å². The van der Waals surface area contributed by atoms with E-state index in [1.807, 2.05) is 11.8 Å². The molecule has 0 radical (unpaired) electrons. The molecule has 0 aromatic heterocycles. The fourth-order valence-electron chi connectivity index (χ4n) is 0.916. The van der Waals surface area contributed by atoms with Crippen molar-refractivity contribution in [2.75, 3.05) is 12.9 Å².